The molecule has 0 amide bonds. The molecule has 0 aliphatic heterocycles. The molecule has 1 N–H and O–H groups in total. The van der Waals surface area contributed by atoms with Gasteiger partial charge in [0.05, 0.1) is 25.3 Å². The van der Waals surface area contributed by atoms with E-state index in [4.69, 9.17) is 9.47 Å². The average molecular weight is 505 g/mol. The molecule has 3 aromatic heterocycles. The minimum Gasteiger partial charge on any atom is -0.465 e. The summed E-state index contributed by atoms with van der Waals surface area (Å²) in [4.78, 5) is 32.9. The Kier molecular flexibility index (Phi) is 6.43. The van der Waals surface area contributed by atoms with E-state index in [1.807, 2.05) is 66.9 Å². The average Bonchev–Trinajstić information content (AvgIpc) is 3.56. The molecular weight excluding hydrogens is 480 g/mol. The second-order valence-electron chi connectivity index (χ2n) is 8.00. The molecule has 9 nitrogen and oxygen atoms in total. The second kappa shape index (κ2) is 9.82. The maximum atomic E-state index is 12.7. The van der Waals surface area contributed by atoms with Gasteiger partial charge in [-0.3, -0.25) is 14.1 Å². The zero-order valence-corrected chi connectivity index (χ0v) is 20.8. The van der Waals surface area contributed by atoms with Gasteiger partial charge in [-0.1, -0.05) is 53.7 Å². The molecule has 10 heteroatoms. The third kappa shape index (κ3) is 4.31. The van der Waals surface area contributed by atoms with Gasteiger partial charge in [-0.25, -0.2) is 9.59 Å². The summed E-state index contributed by atoms with van der Waals surface area (Å²) >= 11 is 1.38. The Hall–Kier alpha value is -4.18. The number of carbonyl (C=O) groups excluding carboxylic acids is 1. The number of carbonyl (C=O) groups is 1. The molecule has 0 unspecified atom stereocenters. The minimum absolute atomic E-state index is 0.300. The maximum Gasteiger partial charge on any atom is 0.439 e. The second-order valence-corrected chi connectivity index (χ2v) is 9.23. The molecule has 2 aromatic carbocycles. The van der Waals surface area contributed by atoms with E-state index in [-0.39, 0.29) is 5.97 Å². The molecule has 0 spiro atoms. The van der Waals surface area contributed by atoms with Gasteiger partial charge in [0.2, 0.25) is 0 Å². The fourth-order valence-corrected chi connectivity index (χ4v) is 5.13. The first kappa shape index (κ1) is 23.6. The van der Waals surface area contributed by atoms with Crippen molar-refractivity contribution in [3.05, 3.63) is 74.4 Å². The normalized spacial score (nSPS) is 11.2. The first-order chi connectivity index (χ1) is 17.5. The lowest BCUT2D eigenvalue weighted by Crippen LogP contribution is -2.08. The number of ether oxygens (including phenoxy) is 2. The van der Waals surface area contributed by atoms with Gasteiger partial charge in [0.15, 0.2) is 5.82 Å². The first-order valence-electron chi connectivity index (χ1n) is 11.5. The van der Waals surface area contributed by atoms with Crippen LogP contribution < -0.4 is 10.5 Å². The SMILES string of the molecule is CCOC(=O)c1sc(C)c2nc(OCC)n(Cc3ccc(-c4ccccc4-c4noc(=O)[nH]4)cc3)c12. The van der Waals surface area contributed by atoms with Gasteiger partial charge in [0.25, 0.3) is 6.01 Å². The number of aromatic amines is 1. The summed E-state index contributed by atoms with van der Waals surface area (Å²) in [6.45, 7) is 6.86. The molecule has 0 saturated carbocycles. The van der Waals surface area contributed by atoms with Crippen molar-refractivity contribution in [3.63, 3.8) is 0 Å². The number of aryl methyl sites for hydroxylation is 1. The highest BCUT2D eigenvalue weighted by molar-refractivity contribution is 7.15. The lowest BCUT2D eigenvalue weighted by molar-refractivity contribution is 0.0533. The van der Waals surface area contributed by atoms with Crippen molar-refractivity contribution in [1.82, 2.24) is 19.7 Å². The monoisotopic (exact) mass is 504 g/mol. The Morgan fingerprint density at radius 2 is 1.83 bits per heavy atom. The van der Waals surface area contributed by atoms with Crippen LogP contribution in [0.15, 0.2) is 57.8 Å². The van der Waals surface area contributed by atoms with E-state index in [1.165, 1.54) is 11.3 Å². The summed E-state index contributed by atoms with van der Waals surface area (Å²) in [6, 6.07) is 16.2. The Balaban J connectivity index is 1.52. The van der Waals surface area contributed by atoms with E-state index >= 15 is 0 Å². The lowest BCUT2D eigenvalue weighted by Gasteiger charge is -2.12. The van der Waals surface area contributed by atoms with Crippen molar-refractivity contribution in [1.29, 1.82) is 0 Å². The predicted octanol–water partition coefficient (Wildman–Crippen LogP) is 5.04. The smallest absolute Gasteiger partial charge is 0.439 e. The third-order valence-electron chi connectivity index (χ3n) is 5.70. The van der Waals surface area contributed by atoms with Crippen LogP contribution in [0.25, 0.3) is 33.5 Å². The highest BCUT2D eigenvalue weighted by Crippen LogP contribution is 2.35. The number of aromatic nitrogens is 4. The summed E-state index contributed by atoms with van der Waals surface area (Å²) in [5, 5.41) is 3.83. The Labute approximate surface area is 210 Å². The van der Waals surface area contributed by atoms with Gasteiger partial charge in [-0.2, -0.15) is 4.98 Å². The van der Waals surface area contributed by atoms with Crippen molar-refractivity contribution >= 4 is 28.3 Å². The molecule has 0 atom stereocenters. The number of H-pyrrole nitrogens is 1. The van der Waals surface area contributed by atoms with Gasteiger partial charge in [0.1, 0.15) is 10.4 Å². The molecule has 0 fully saturated rings. The Morgan fingerprint density at radius 1 is 1.08 bits per heavy atom. The zero-order valence-electron chi connectivity index (χ0n) is 20.0. The largest absolute Gasteiger partial charge is 0.465 e. The summed E-state index contributed by atoms with van der Waals surface area (Å²) < 4.78 is 17.7. The van der Waals surface area contributed by atoms with Gasteiger partial charge in [-0.15, -0.1) is 11.3 Å². The number of nitrogens with zero attached hydrogens (tertiary/aromatic N) is 3. The van der Waals surface area contributed by atoms with E-state index in [1.54, 1.807) is 6.92 Å². The van der Waals surface area contributed by atoms with Crippen LogP contribution in [0.2, 0.25) is 0 Å². The van der Waals surface area contributed by atoms with E-state index in [0.29, 0.717) is 36.5 Å². The molecule has 0 aliphatic carbocycles. The molecule has 184 valence electrons. The predicted molar refractivity (Wildman–Crippen MR) is 137 cm³/mol. The summed E-state index contributed by atoms with van der Waals surface area (Å²) in [6.07, 6.45) is 0. The number of fused-ring (bicyclic) bond motifs is 1. The van der Waals surface area contributed by atoms with Crippen LogP contribution in [-0.4, -0.2) is 38.9 Å². The van der Waals surface area contributed by atoms with Crippen molar-refractivity contribution in [2.45, 2.75) is 27.3 Å². The fraction of sp³-hybridized carbons (Fsp3) is 0.231. The van der Waals surface area contributed by atoms with Gasteiger partial charge in [-0.05, 0) is 37.5 Å². The number of rotatable bonds is 8. The van der Waals surface area contributed by atoms with Gasteiger partial charge >= 0.3 is 11.7 Å². The van der Waals surface area contributed by atoms with E-state index in [0.717, 1.165) is 38.2 Å². The highest BCUT2D eigenvalue weighted by Gasteiger charge is 2.25. The van der Waals surface area contributed by atoms with Crippen LogP contribution in [0.4, 0.5) is 0 Å². The van der Waals surface area contributed by atoms with Crippen molar-refractivity contribution in [3.8, 4) is 28.5 Å². The minimum atomic E-state index is -0.599. The van der Waals surface area contributed by atoms with Gasteiger partial charge in [0, 0.05) is 10.4 Å². The van der Waals surface area contributed by atoms with Crippen molar-refractivity contribution in [2.75, 3.05) is 13.2 Å². The number of nitrogens with one attached hydrogen (secondary N) is 1. The summed E-state index contributed by atoms with van der Waals surface area (Å²) in [5.74, 6) is -0.582. The quantitative estimate of drug-likeness (QED) is 0.295. The van der Waals surface area contributed by atoms with Crippen LogP contribution in [0.1, 0.15) is 34.0 Å². The standard InChI is InChI=1S/C26H24N4O5S/c1-4-33-24(31)22-21-20(15(3)36-22)27-25(34-5-2)30(21)14-16-10-12-17(13-11-16)18-8-6-7-9-19(18)23-28-26(32)35-29-23/h6-13H,4-5,14H2,1-3H3,(H,28,29,32). The summed E-state index contributed by atoms with van der Waals surface area (Å²) in [5.41, 5.74) is 5.11. The fourth-order valence-electron chi connectivity index (χ4n) is 4.14. The number of benzene rings is 2. The van der Waals surface area contributed by atoms with Crippen LogP contribution >= 0.6 is 11.3 Å². The molecule has 5 rings (SSSR count). The number of thiophene rings is 1. The molecular formula is C26H24N4O5S. The zero-order chi connectivity index (χ0) is 25.2. The first-order valence-corrected chi connectivity index (χ1v) is 12.4. The van der Waals surface area contributed by atoms with Crippen LogP contribution in [0, 0.1) is 6.92 Å². The van der Waals surface area contributed by atoms with E-state index < -0.39 is 5.76 Å². The van der Waals surface area contributed by atoms with Gasteiger partial charge < -0.3 is 9.47 Å². The van der Waals surface area contributed by atoms with E-state index in [9.17, 15) is 9.59 Å². The number of imidazole rings is 1. The molecule has 5 aromatic rings. The molecule has 3 heterocycles. The van der Waals surface area contributed by atoms with Crippen molar-refractivity contribution in [2.24, 2.45) is 0 Å². The molecule has 0 saturated heterocycles. The topological polar surface area (TPSA) is 112 Å². The van der Waals surface area contributed by atoms with Crippen LogP contribution in [-0.2, 0) is 11.3 Å². The van der Waals surface area contributed by atoms with Crippen LogP contribution in [0.5, 0.6) is 6.01 Å². The molecule has 0 radical (unpaired) electrons. The molecule has 36 heavy (non-hydrogen) atoms. The van der Waals surface area contributed by atoms with Crippen LogP contribution in [0.3, 0.4) is 0 Å². The molecule has 0 aliphatic rings. The molecule has 0 bridgehead atoms. The lowest BCUT2D eigenvalue weighted by atomic mass is 9.98. The van der Waals surface area contributed by atoms with E-state index in [2.05, 4.69) is 19.6 Å². The number of esters is 1. The highest BCUT2D eigenvalue weighted by atomic mass is 32.1. The Bertz CT molecular complexity index is 1590. The maximum absolute atomic E-state index is 12.7. The number of hydrogen-bond acceptors (Lipinski definition) is 8. The third-order valence-corrected chi connectivity index (χ3v) is 6.76. The summed E-state index contributed by atoms with van der Waals surface area (Å²) in [7, 11) is 0. The Morgan fingerprint density at radius 3 is 2.50 bits per heavy atom. The van der Waals surface area contributed by atoms with Crippen molar-refractivity contribution < 1.29 is 18.8 Å². The number of hydrogen-bond donors (Lipinski definition) is 1.